The Bertz CT molecular complexity index is 1410. The Labute approximate surface area is 185 Å². The molecule has 0 bridgehead atoms. The number of hydrogen-bond acceptors (Lipinski definition) is 4. The SMILES string of the molecule is CCCc1nn2c(=O)cc(-c3ccc4c(cnn4CC)c3)[nH]c2c1C(=O)N=C(C)N(C)C. The molecule has 0 fully saturated rings. The average molecular weight is 434 g/mol. The second-order valence-electron chi connectivity index (χ2n) is 7.95. The summed E-state index contributed by atoms with van der Waals surface area (Å²) in [6, 6.07) is 7.41. The van der Waals surface area contributed by atoms with E-state index in [9.17, 15) is 9.59 Å². The topological polar surface area (TPSA) is 101 Å². The lowest BCUT2D eigenvalue weighted by molar-refractivity contribution is 0.100. The number of aryl methyl sites for hydroxylation is 2. The number of H-pyrrole nitrogens is 1. The summed E-state index contributed by atoms with van der Waals surface area (Å²) in [5.41, 5.74) is 3.43. The van der Waals surface area contributed by atoms with Crippen LogP contribution < -0.4 is 5.56 Å². The predicted octanol–water partition coefficient (Wildman–Crippen LogP) is 3.13. The van der Waals surface area contributed by atoms with E-state index < -0.39 is 5.91 Å². The Kier molecular flexibility index (Phi) is 5.65. The molecule has 0 saturated carbocycles. The molecule has 4 aromatic rings. The van der Waals surface area contributed by atoms with Crippen molar-refractivity contribution in [2.45, 2.75) is 40.2 Å². The third-order valence-electron chi connectivity index (χ3n) is 5.55. The first-order valence-corrected chi connectivity index (χ1v) is 10.7. The van der Waals surface area contributed by atoms with Gasteiger partial charge in [0.2, 0.25) is 0 Å². The highest BCUT2D eigenvalue weighted by Crippen LogP contribution is 2.24. The lowest BCUT2D eigenvalue weighted by atomic mass is 10.1. The number of nitrogens with one attached hydrogen (secondary N) is 1. The minimum atomic E-state index is -0.415. The van der Waals surface area contributed by atoms with E-state index in [-0.39, 0.29) is 5.56 Å². The Morgan fingerprint density at radius 1 is 1.22 bits per heavy atom. The molecule has 3 heterocycles. The van der Waals surface area contributed by atoms with Crippen molar-refractivity contribution in [1.82, 2.24) is 29.3 Å². The zero-order chi connectivity index (χ0) is 23.0. The van der Waals surface area contributed by atoms with Gasteiger partial charge in [0.25, 0.3) is 11.5 Å². The van der Waals surface area contributed by atoms with E-state index in [2.05, 4.69) is 20.2 Å². The third-order valence-corrected chi connectivity index (χ3v) is 5.55. The van der Waals surface area contributed by atoms with E-state index in [1.54, 1.807) is 11.8 Å². The number of amides is 1. The number of carbonyl (C=O) groups is 1. The van der Waals surface area contributed by atoms with Gasteiger partial charge in [-0.05, 0) is 38.0 Å². The third kappa shape index (κ3) is 3.70. The molecule has 9 heteroatoms. The van der Waals surface area contributed by atoms with Gasteiger partial charge in [0, 0.05) is 32.1 Å². The van der Waals surface area contributed by atoms with Crippen LogP contribution in [0.15, 0.2) is 40.2 Å². The molecular weight excluding hydrogens is 406 g/mol. The molecule has 1 N–H and O–H groups in total. The highest BCUT2D eigenvalue weighted by atomic mass is 16.1. The molecule has 3 aromatic heterocycles. The first-order chi connectivity index (χ1) is 15.3. The van der Waals surface area contributed by atoms with Crippen molar-refractivity contribution in [3.63, 3.8) is 0 Å². The summed E-state index contributed by atoms with van der Waals surface area (Å²) in [5, 5.41) is 9.80. The molecule has 0 aliphatic rings. The van der Waals surface area contributed by atoms with Crippen LogP contribution in [0.5, 0.6) is 0 Å². The lowest BCUT2D eigenvalue weighted by Gasteiger charge is -2.10. The monoisotopic (exact) mass is 433 g/mol. The van der Waals surface area contributed by atoms with Crippen molar-refractivity contribution in [3.8, 4) is 11.3 Å². The van der Waals surface area contributed by atoms with Crippen LogP contribution in [0.25, 0.3) is 27.8 Å². The summed E-state index contributed by atoms with van der Waals surface area (Å²) < 4.78 is 3.18. The van der Waals surface area contributed by atoms with Gasteiger partial charge in [0.05, 0.1) is 23.1 Å². The molecule has 0 saturated heterocycles. The van der Waals surface area contributed by atoms with E-state index >= 15 is 0 Å². The molecule has 0 unspecified atom stereocenters. The standard InChI is InChI=1S/C23H27N7O2/c1-6-8-17-21(23(32)25-14(3)28(4)5)22-26-18(12-20(31)30(22)27-17)15-9-10-19-16(11-15)13-24-29(19)7-2/h9-13,26H,6-8H2,1-5H3. The molecular formula is C23H27N7O2. The van der Waals surface area contributed by atoms with Crippen LogP contribution in [0.1, 0.15) is 43.2 Å². The Morgan fingerprint density at radius 3 is 2.69 bits per heavy atom. The van der Waals surface area contributed by atoms with Gasteiger partial charge in [-0.25, -0.2) is 0 Å². The van der Waals surface area contributed by atoms with Crippen molar-refractivity contribution >= 4 is 28.3 Å². The van der Waals surface area contributed by atoms with Gasteiger partial charge in [-0.15, -0.1) is 0 Å². The van der Waals surface area contributed by atoms with Crippen LogP contribution in [0, 0.1) is 0 Å². The molecule has 4 rings (SSSR count). The van der Waals surface area contributed by atoms with Crippen LogP contribution in [0.2, 0.25) is 0 Å². The maximum atomic E-state index is 13.1. The number of aromatic nitrogens is 5. The summed E-state index contributed by atoms with van der Waals surface area (Å²) in [5.74, 6) is 0.163. The number of rotatable bonds is 5. The van der Waals surface area contributed by atoms with Crippen molar-refractivity contribution < 1.29 is 4.79 Å². The van der Waals surface area contributed by atoms with Crippen LogP contribution in [-0.4, -0.2) is 55.1 Å². The molecule has 0 radical (unpaired) electrons. The number of nitrogens with zero attached hydrogens (tertiary/aromatic N) is 6. The maximum Gasteiger partial charge on any atom is 0.284 e. The summed E-state index contributed by atoms with van der Waals surface area (Å²) in [6.07, 6.45) is 3.18. The maximum absolute atomic E-state index is 13.1. The fraction of sp³-hybridized carbons (Fsp3) is 0.348. The zero-order valence-electron chi connectivity index (χ0n) is 19.0. The quantitative estimate of drug-likeness (QED) is 0.385. The molecule has 166 valence electrons. The smallest absolute Gasteiger partial charge is 0.284 e. The molecule has 9 nitrogen and oxygen atoms in total. The van der Waals surface area contributed by atoms with Gasteiger partial charge in [0.15, 0.2) is 5.65 Å². The summed E-state index contributed by atoms with van der Waals surface area (Å²) in [4.78, 5) is 35.3. The first kappa shape index (κ1) is 21.5. The molecule has 0 aliphatic carbocycles. The summed E-state index contributed by atoms with van der Waals surface area (Å²) in [7, 11) is 3.65. The van der Waals surface area contributed by atoms with Gasteiger partial charge >= 0.3 is 0 Å². The number of benzene rings is 1. The minimum absolute atomic E-state index is 0.303. The van der Waals surface area contributed by atoms with Gasteiger partial charge in [-0.1, -0.05) is 19.4 Å². The van der Waals surface area contributed by atoms with Crippen molar-refractivity contribution in [1.29, 1.82) is 0 Å². The molecule has 32 heavy (non-hydrogen) atoms. The number of carbonyl (C=O) groups excluding carboxylic acids is 1. The van der Waals surface area contributed by atoms with E-state index in [1.807, 2.05) is 57.0 Å². The fourth-order valence-corrected chi connectivity index (χ4v) is 3.69. The molecule has 1 aromatic carbocycles. The van der Waals surface area contributed by atoms with E-state index in [0.29, 0.717) is 34.9 Å². The van der Waals surface area contributed by atoms with Crippen molar-refractivity contribution in [2.24, 2.45) is 4.99 Å². The van der Waals surface area contributed by atoms with Crippen molar-refractivity contribution in [2.75, 3.05) is 14.1 Å². The Morgan fingerprint density at radius 2 is 2.00 bits per heavy atom. The molecule has 0 atom stereocenters. The van der Waals surface area contributed by atoms with E-state index in [1.165, 1.54) is 10.6 Å². The van der Waals surface area contributed by atoms with Gasteiger partial charge in [-0.3, -0.25) is 14.3 Å². The number of hydrogen-bond donors (Lipinski definition) is 1. The van der Waals surface area contributed by atoms with Gasteiger partial charge in [0.1, 0.15) is 11.4 Å². The molecule has 0 aliphatic heterocycles. The highest BCUT2D eigenvalue weighted by Gasteiger charge is 2.22. The van der Waals surface area contributed by atoms with E-state index in [4.69, 9.17) is 0 Å². The molecule has 1 amide bonds. The number of aliphatic imine (C=N–C) groups is 1. The van der Waals surface area contributed by atoms with Crippen LogP contribution in [0.4, 0.5) is 0 Å². The predicted molar refractivity (Wildman–Crippen MR) is 125 cm³/mol. The minimum Gasteiger partial charge on any atom is -0.366 e. The summed E-state index contributed by atoms with van der Waals surface area (Å²) >= 11 is 0. The Balaban J connectivity index is 1.91. The Hall–Kier alpha value is -3.75. The van der Waals surface area contributed by atoms with E-state index in [0.717, 1.165) is 29.4 Å². The number of amidine groups is 1. The lowest BCUT2D eigenvalue weighted by Crippen LogP contribution is -2.20. The van der Waals surface area contributed by atoms with Crippen LogP contribution in [-0.2, 0) is 13.0 Å². The van der Waals surface area contributed by atoms with Crippen LogP contribution in [0.3, 0.4) is 0 Å². The number of fused-ring (bicyclic) bond motifs is 2. The largest absolute Gasteiger partial charge is 0.366 e. The highest BCUT2D eigenvalue weighted by molar-refractivity contribution is 6.07. The average Bonchev–Trinajstić information content (AvgIpc) is 3.34. The molecule has 0 spiro atoms. The number of aromatic amines is 1. The second-order valence-corrected chi connectivity index (χ2v) is 7.95. The summed E-state index contributed by atoms with van der Waals surface area (Å²) in [6.45, 7) is 6.59. The zero-order valence-corrected chi connectivity index (χ0v) is 19.0. The first-order valence-electron chi connectivity index (χ1n) is 10.7. The normalized spacial score (nSPS) is 12.1. The van der Waals surface area contributed by atoms with Crippen molar-refractivity contribution in [3.05, 3.63) is 52.1 Å². The van der Waals surface area contributed by atoms with Gasteiger partial charge < -0.3 is 9.88 Å². The fourth-order valence-electron chi connectivity index (χ4n) is 3.69. The van der Waals surface area contributed by atoms with Gasteiger partial charge in [-0.2, -0.15) is 19.7 Å². The van der Waals surface area contributed by atoms with Crippen LogP contribution >= 0.6 is 0 Å². The second kappa shape index (κ2) is 8.41.